The largest absolute Gasteiger partial charge is 0.484 e. The number of Topliss-reactive ketones (excluding diaryl/α,β-unsaturated/α-hetero) is 1. The molecule has 5 rings (SSSR count). The van der Waals surface area contributed by atoms with Crippen LogP contribution in [-0.4, -0.2) is 32.3 Å². The lowest BCUT2D eigenvalue weighted by Gasteiger charge is -2.70. The minimum Gasteiger partial charge on any atom is -0.484 e. The van der Waals surface area contributed by atoms with Crippen LogP contribution in [0.2, 0.25) is 5.02 Å². The van der Waals surface area contributed by atoms with Crippen LogP contribution in [0.15, 0.2) is 47.4 Å². The fourth-order valence-electron chi connectivity index (χ4n) is 4.65. The summed E-state index contributed by atoms with van der Waals surface area (Å²) >= 11 is 5.61. The van der Waals surface area contributed by atoms with Crippen LogP contribution >= 0.6 is 11.6 Å². The van der Waals surface area contributed by atoms with Gasteiger partial charge < -0.3 is 10.1 Å². The molecule has 3 aliphatic carbocycles. The Morgan fingerprint density at radius 2 is 1.87 bits per heavy atom. The highest BCUT2D eigenvalue weighted by molar-refractivity contribution is 7.89. The Morgan fingerprint density at radius 1 is 1.16 bits per heavy atom. The molecule has 31 heavy (non-hydrogen) atoms. The van der Waals surface area contributed by atoms with Crippen molar-refractivity contribution in [3.8, 4) is 5.75 Å². The second-order valence-electron chi connectivity index (χ2n) is 8.40. The number of carbonyl (C=O) groups excluding carboxylic acids is 2. The van der Waals surface area contributed by atoms with Gasteiger partial charge in [-0.3, -0.25) is 9.59 Å². The van der Waals surface area contributed by atoms with Crippen LogP contribution in [0.3, 0.4) is 0 Å². The molecule has 0 unspecified atom stereocenters. The Hall–Kier alpha value is -2.49. The number of sulfonamides is 1. The van der Waals surface area contributed by atoms with Crippen molar-refractivity contribution >= 4 is 33.3 Å². The fourth-order valence-corrected chi connectivity index (χ4v) is 5.33. The van der Waals surface area contributed by atoms with Crippen molar-refractivity contribution in [2.75, 3.05) is 6.61 Å². The van der Waals surface area contributed by atoms with E-state index in [9.17, 15) is 22.4 Å². The van der Waals surface area contributed by atoms with Gasteiger partial charge in [-0.05, 0) is 48.9 Å². The van der Waals surface area contributed by atoms with E-state index >= 15 is 0 Å². The minimum absolute atomic E-state index is 0.0260. The normalized spacial score (nSPS) is 24.0. The third-order valence-electron chi connectivity index (χ3n) is 5.83. The van der Waals surface area contributed by atoms with Crippen LogP contribution in [0, 0.1) is 11.2 Å². The summed E-state index contributed by atoms with van der Waals surface area (Å²) in [6.07, 6.45) is 2.28. The highest BCUT2D eigenvalue weighted by Crippen LogP contribution is 2.69. The Kier molecular flexibility index (Phi) is 5.31. The molecule has 0 aromatic heterocycles. The summed E-state index contributed by atoms with van der Waals surface area (Å²) < 4.78 is 41.7. The summed E-state index contributed by atoms with van der Waals surface area (Å²) in [5.41, 5.74) is -0.214. The van der Waals surface area contributed by atoms with E-state index in [1.165, 1.54) is 30.3 Å². The van der Waals surface area contributed by atoms with Gasteiger partial charge in [0.2, 0.25) is 10.0 Å². The van der Waals surface area contributed by atoms with E-state index in [0.29, 0.717) is 24.8 Å². The van der Waals surface area contributed by atoms with Crippen LogP contribution in [0.5, 0.6) is 5.75 Å². The van der Waals surface area contributed by atoms with E-state index in [-0.39, 0.29) is 51.3 Å². The number of rotatable bonds is 8. The quantitative estimate of drug-likeness (QED) is 0.580. The van der Waals surface area contributed by atoms with Crippen molar-refractivity contribution in [1.29, 1.82) is 0 Å². The van der Waals surface area contributed by atoms with Gasteiger partial charge in [0.25, 0.3) is 5.91 Å². The standard InChI is InChI=1S/C21H20ClFN2O5S/c22-16-5-4-14(7-17(16)23)30-9-19(27)25-21-10-20(11-21,12-21)8-18(26)13-2-1-3-15(6-13)31(24,28)29/h1-7H,8-12H2,(H,25,27)(H2,24,28,29). The smallest absolute Gasteiger partial charge is 0.258 e. The van der Waals surface area contributed by atoms with Gasteiger partial charge >= 0.3 is 0 Å². The van der Waals surface area contributed by atoms with Gasteiger partial charge in [-0.15, -0.1) is 0 Å². The minimum atomic E-state index is -3.88. The summed E-state index contributed by atoms with van der Waals surface area (Å²) in [5, 5.41) is 8.03. The van der Waals surface area contributed by atoms with E-state index < -0.39 is 15.8 Å². The van der Waals surface area contributed by atoms with Crippen molar-refractivity contribution in [2.24, 2.45) is 10.6 Å². The van der Waals surface area contributed by atoms with Gasteiger partial charge in [0.05, 0.1) is 9.92 Å². The molecule has 0 saturated heterocycles. The Bertz CT molecular complexity index is 1160. The van der Waals surface area contributed by atoms with Crippen molar-refractivity contribution < 1.29 is 27.1 Å². The molecular formula is C21H20ClFN2O5S. The van der Waals surface area contributed by atoms with Crippen LogP contribution in [0.25, 0.3) is 0 Å². The summed E-state index contributed by atoms with van der Waals surface area (Å²) in [4.78, 5) is 24.7. The molecule has 7 nitrogen and oxygen atoms in total. The molecule has 3 fully saturated rings. The first-order valence-electron chi connectivity index (χ1n) is 9.54. The lowest BCUT2D eigenvalue weighted by atomic mass is 9.38. The highest BCUT2D eigenvalue weighted by atomic mass is 35.5. The molecule has 2 aromatic rings. The molecule has 0 radical (unpaired) electrons. The Balaban J connectivity index is 1.27. The van der Waals surface area contributed by atoms with Crippen molar-refractivity contribution in [2.45, 2.75) is 36.1 Å². The summed E-state index contributed by atoms with van der Waals surface area (Å²) in [7, 11) is -3.88. The number of hydrogen-bond acceptors (Lipinski definition) is 5. The number of hydrogen-bond donors (Lipinski definition) is 2. The molecule has 0 spiro atoms. The third-order valence-corrected chi connectivity index (χ3v) is 7.04. The van der Waals surface area contributed by atoms with Crippen molar-refractivity contribution in [1.82, 2.24) is 5.32 Å². The van der Waals surface area contributed by atoms with E-state index in [2.05, 4.69) is 5.32 Å². The summed E-state index contributed by atoms with van der Waals surface area (Å²) in [6, 6.07) is 9.63. The van der Waals surface area contributed by atoms with Gasteiger partial charge in [0.15, 0.2) is 12.4 Å². The topological polar surface area (TPSA) is 116 Å². The summed E-state index contributed by atoms with van der Waals surface area (Å²) in [6.45, 7) is -0.255. The van der Waals surface area contributed by atoms with Gasteiger partial charge in [-0.1, -0.05) is 23.7 Å². The number of benzene rings is 2. The molecule has 1 amide bonds. The lowest BCUT2D eigenvalue weighted by Crippen LogP contribution is -2.75. The first-order chi connectivity index (χ1) is 14.5. The zero-order valence-electron chi connectivity index (χ0n) is 16.4. The first kappa shape index (κ1) is 21.7. The van der Waals surface area contributed by atoms with Gasteiger partial charge in [-0.2, -0.15) is 0 Å². The van der Waals surface area contributed by atoms with E-state index in [4.69, 9.17) is 21.5 Å². The molecular weight excluding hydrogens is 447 g/mol. The lowest BCUT2D eigenvalue weighted by molar-refractivity contribution is -0.164. The zero-order chi connectivity index (χ0) is 22.4. The molecule has 0 heterocycles. The van der Waals surface area contributed by atoms with Crippen molar-refractivity contribution in [3.63, 3.8) is 0 Å². The van der Waals surface area contributed by atoms with Crippen LogP contribution in [0.4, 0.5) is 4.39 Å². The number of ketones is 1. The van der Waals surface area contributed by atoms with Crippen LogP contribution in [-0.2, 0) is 14.8 Å². The maximum Gasteiger partial charge on any atom is 0.258 e. The fraction of sp³-hybridized carbons (Fsp3) is 0.333. The molecule has 164 valence electrons. The van der Waals surface area contributed by atoms with E-state index in [0.717, 1.165) is 6.07 Å². The zero-order valence-corrected chi connectivity index (χ0v) is 17.9. The monoisotopic (exact) mass is 466 g/mol. The van der Waals surface area contributed by atoms with Gasteiger partial charge in [0.1, 0.15) is 11.6 Å². The number of nitrogens with one attached hydrogen (secondary N) is 1. The highest BCUT2D eigenvalue weighted by Gasteiger charge is 2.68. The Morgan fingerprint density at radius 3 is 2.52 bits per heavy atom. The molecule has 0 aliphatic heterocycles. The Labute approximate surface area is 183 Å². The predicted octanol–water partition coefficient (Wildman–Crippen LogP) is 2.82. The molecule has 10 heteroatoms. The predicted molar refractivity (Wildman–Crippen MR) is 111 cm³/mol. The molecule has 2 bridgehead atoms. The van der Waals surface area contributed by atoms with Gasteiger partial charge in [-0.25, -0.2) is 17.9 Å². The average Bonchev–Trinajstić information content (AvgIpc) is 2.65. The van der Waals surface area contributed by atoms with Crippen LogP contribution in [0.1, 0.15) is 36.0 Å². The molecule has 0 atom stereocenters. The van der Waals surface area contributed by atoms with Crippen LogP contribution < -0.4 is 15.2 Å². The molecule has 3 saturated carbocycles. The first-order valence-corrected chi connectivity index (χ1v) is 11.5. The number of carbonyl (C=O) groups is 2. The average molecular weight is 467 g/mol. The molecule has 3 N–H and O–H groups in total. The van der Waals surface area contributed by atoms with Gasteiger partial charge in [0, 0.05) is 23.6 Å². The summed E-state index contributed by atoms with van der Waals surface area (Å²) in [5.74, 6) is -0.896. The number of primary sulfonamides is 1. The number of ether oxygens (including phenoxy) is 1. The number of amides is 1. The van der Waals surface area contributed by atoms with E-state index in [1.807, 2.05) is 0 Å². The maximum atomic E-state index is 13.4. The second-order valence-corrected chi connectivity index (χ2v) is 10.4. The molecule has 3 aliphatic rings. The second kappa shape index (κ2) is 7.58. The third kappa shape index (κ3) is 4.44. The molecule has 2 aromatic carbocycles. The number of nitrogens with two attached hydrogens (primary N) is 1. The van der Waals surface area contributed by atoms with E-state index in [1.54, 1.807) is 6.07 Å². The van der Waals surface area contributed by atoms with Crippen molar-refractivity contribution in [3.05, 3.63) is 58.9 Å². The number of halogens is 2. The SMILES string of the molecule is NS(=O)(=O)c1cccc(C(=O)CC23CC(NC(=O)COc4ccc(Cl)c(F)c4)(C2)C3)c1. The maximum absolute atomic E-state index is 13.4.